The molecule has 1 heterocycles. The Kier molecular flexibility index (Phi) is 7.45. The van der Waals surface area contributed by atoms with Crippen molar-refractivity contribution in [3.63, 3.8) is 0 Å². The number of aryl methyl sites for hydroxylation is 2. The molecule has 1 aromatic carbocycles. The number of rotatable bonds is 6. The van der Waals surface area contributed by atoms with Gasteiger partial charge in [0, 0.05) is 37.8 Å². The molecular weight excluding hydrogens is 570 g/mol. The highest BCUT2D eigenvalue weighted by atomic mass is 16.4. The van der Waals surface area contributed by atoms with Gasteiger partial charge in [0.15, 0.2) is 0 Å². The maximum atomic E-state index is 13.4. The molecule has 1 aromatic heterocycles. The monoisotopic (exact) mass is 625 g/mol. The van der Waals surface area contributed by atoms with E-state index in [1.54, 1.807) is 12.1 Å². The SMILES string of the molecule is Cn1ccnc1CCC(=O)NC12CCCC1C1CCC3C4(C)CC=C(c5ccc(C(=O)O)cc5)C(C)(C)C4CCC3(C)[C@]1(C)CC2. The van der Waals surface area contributed by atoms with E-state index in [1.165, 1.54) is 56.1 Å². The highest BCUT2D eigenvalue weighted by molar-refractivity contribution is 5.88. The average Bonchev–Trinajstić information content (AvgIpc) is 3.62. The summed E-state index contributed by atoms with van der Waals surface area (Å²) in [7, 11) is 2.00. The fraction of sp³-hybridized carbons (Fsp3) is 0.675. The van der Waals surface area contributed by atoms with Crippen molar-refractivity contribution in [1.29, 1.82) is 0 Å². The highest BCUT2D eigenvalue weighted by Crippen LogP contribution is 2.76. The summed E-state index contributed by atoms with van der Waals surface area (Å²) in [6, 6.07) is 7.56. The van der Waals surface area contributed by atoms with Crippen molar-refractivity contribution in [3.05, 3.63) is 59.7 Å². The second-order valence-corrected chi connectivity index (χ2v) is 17.3. The smallest absolute Gasteiger partial charge is 0.335 e. The molecule has 8 atom stereocenters. The van der Waals surface area contributed by atoms with Crippen molar-refractivity contribution < 1.29 is 14.7 Å². The first kappa shape index (κ1) is 31.7. The molecule has 5 aliphatic carbocycles. The van der Waals surface area contributed by atoms with Crippen molar-refractivity contribution in [2.24, 2.45) is 52.4 Å². The summed E-state index contributed by atoms with van der Waals surface area (Å²) >= 11 is 0. The third-order valence-corrected chi connectivity index (χ3v) is 15.3. The van der Waals surface area contributed by atoms with E-state index in [0.717, 1.165) is 25.1 Å². The van der Waals surface area contributed by atoms with Crippen LogP contribution in [0.5, 0.6) is 0 Å². The van der Waals surface area contributed by atoms with Crippen LogP contribution >= 0.6 is 0 Å². The summed E-state index contributed by atoms with van der Waals surface area (Å²) in [6.07, 6.45) is 19.6. The molecule has 0 bridgehead atoms. The van der Waals surface area contributed by atoms with Gasteiger partial charge in [-0.2, -0.15) is 0 Å². The number of nitrogens with zero attached hydrogens (tertiary/aromatic N) is 2. The van der Waals surface area contributed by atoms with E-state index in [1.807, 2.05) is 36.1 Å². The summed E-state index contributed by atoms with van der Waals surface area (Å²) in [5, 5.41) is 13.1. The molecule has 0 radical (unpaired) electrons. The molecule has 2 aromatic rings. The molecule has 248 valence electrons. The van der Waals surface area contributed by atoms with Crippen molar-refractivity contribution in [1.82, 2.24) is 14.9 Å². The fourth-order valence-corrected chi connectivity index (χ4v) is 12.9. The van der Waals surface area contributed by atoms with E-state index in [0.29, 0.717) is 42.1 Å². The zero-order chi connectivity index (χ0) is 32.7. The van der Waals surface area contributed by atoms with Crippen LogP contribution in [0.25, 0.3) is 5.57 Å². The van der Waals surface area contributed by atoms with Crippen LogP contribution in [-0.4, -0.2) is 32.1 Å². The Labute approximate surface area is 275 Å². The summed E-state index contributed by atoms with van der Waals surface area (Å²) < 4.78 is 2.02. The largest absolute Gasteiger partial charge is 0.478 e. The number of hydrogen-bond acceptors (Lipinski definition) is 3. The molecule has 5 aliphatic rings. The number of aromatic nitrogens is 2. The van der Waals surface area contributed by atoms with Gasteiger partial charge in [0.1, 0.15) is 5.82 Å². The first-order valence-corrected chi connectivity index (χ1v) is 18.1. The molecule has 4 saturated carbocycles. The summed E-state index contributed by atoms with van der Waals surface area (Å²) in [4.78, 5) is 29.4. The lowest BCUT2D eigenvalue weighted by atomic mass is 9.33. The molecule has 6 heteroatoms. The quantitative estimate of drug-likeness (QED) is 0.337. The molecule has 0 aliphatic heterocycles. The summed E-state index contributed by atoms with van der Waals surface area (Å²) in [5.41, 5.74) is 3.69. The minimum absolute atomic E-state index is 0.0171. The third kappa shape index (κ3) is 4.51. The van der Waals surface area contributed by atoms with Crippen LogP contribution in [0.4, 0.5) is 0 Å². The number of aromatic carboxylic acids is 1. The van der Waals surface area contributed by atoms with Crippen molar-refractivity contribution in [2.45, 2.75) is 117 Å². The Balaban J connectivity index is 1.13. The lowest BCUT2D eigenvalue weighted by Crippen LogP contribution is -2.67. The highest BCUT2D eigenvalue weighted by Gasteiger charge is 2.69. The zero-order valence-corrected chi connectivity index (χ0v) is 29.0. The lowest BCUT2D eigenvalue weighted by Gasteiger charge is -2.72. The van der Waals surface area contributed by atoms with Crippen LogP contribution in [0.3, 0.4) is 0 Å². The minimum Gasteiger partial charge on any atom is -0.478 e. The van der Waals surface area contributed by atoms with Crippen LogP contribution in [0, 0.1) is 45.3 Å². The van der Waals surface area contributed by atoms with E-state index in [9.17, 15) is 14.7 Å². The average molecular weight is 626 g/mol. The van der Waals surface area contributed by atoms with Gasteiger partial charge in [-0.05, 0) is 126 Å². The van der Waals surface area contributed by atoms with Crippen molar-refractivity contribution in [2.75, 3.05) is 0 Å². The number of amides is 1. The van der Waals surface area contributed by atoms with Crippen molar-refractivity contribution >= 4 is 17.4 Å². The minimum atomic E-state index is -0.868. The van der Waals surface area contributed by atoms with Crippen LogP contribution in [-0.2, 0) is 18.3 Å². The van der Waals surface area contributed by atoms with Gasteiger partial charge in [0.2, 0.25) is 5.91 Å². The van der Waals surface area contributed by atoms with Gasteiger partial charge in [-0.1, -0.05) is 59.2 Å². The van der Waals surface area contributed by atoms with Gasteiger partial charge >= 0.3 is 5.97 Å². The van der Waals surface area contributed by atoms with E-state index >= 15 is 0 Å². The number of carbonyl (C=O) groups excluding carboxylic acids is 1. The Bertz CT molecular complexity index is 1560. The number of imidazole rings is 1. The standard InChI is InChI=1S/C40H55N3O3/c1-36(2)28(26-9-11-27(12-10-26)35(45)46)17-20-37(3)31(36)18-21-39(5)32(37)14-13-29-30-8-7-19-40(30,23-22-38(29,39)4)42-34(44)16-15-33-41-24-25-43(33)6/h9-12,17,24-25,29-32H,7-8,13-16,18-23H2,1-6H3,(H,42,44)(H,45,46)/t29?,30?,31?,32?,37?,38-,39?,40?/m1/s1. The molecule has 1 amide bonds. The maximum absolute atomic E-state index is 13.4. The Morgan fingerprint density at radius 2 is 1.67 bits per heavy atom. The zero-order valence-electron chi connectivity index (χ0n) is 29.0. The van der Waals surface area contributed by atoms with E-state index in [2.05, 4.69) is 51.0 Å². The number of carbonyl (C=O) groups is 2. The Hall–Kier alpha value is -2.89. The van der Waals surface area contributed by atoms with Gasteiger partial charge in [0.05, 0.1) is 5.56 Å². The second-order valence-electron chi connectivity index (χ2n) is 17.3. The molecule has 6 nitrogen and oxygen atoms in total. The number of allylic oxidation sites excluding steroid dienone is 2. The fourth-order valence-electron chi connectivity index (χ4n) is 12.9. The van der Waals surface area contributed by atoms with E-state index in [4.69, 9.17) is 0 Å². The molecule has 7 rings (SSSR count). The molecule has 2 N–H and O–H groups in total. The molecule has 4 fully saturated rings. The predicted octanol–water partition coefficient (Wildman–Crippen LogP) is 8.47. The first-order chi connectivity index (χ1) is 21.8. The number of carboxylic acid groups (broad SMARTS) is 1. The van der Waals surface area contributed by atoms with Crippen LogP contribution in [0.15, 0.2) is 42.7 Å². The van der Waals surface area contributed by atoms with Crippen molar-refractivity contribution in [3.8, 4) is 0 Å². The van der Waals surface area contributed by atoms with E-state index in [-0.39, 0.29) is 33.1 Å². The predicted molar refractivity (Wildman–Crippen MR) is 182 cm³/mol. The van der Waals surface area contributed by atoms with Gasteiger partial charge in [-0.15, -0.1) is 0 Å². The van der Waals surface area contributed by atoms with Gasteiger partial charge in [-0.3, -0.25) is 4.79 Å². The molecule has 0 saturated heterocycles. The van der Waals surface area contributed by atoms with Crippen LogP contribution in [0.2, 0.25) is 0 Å². The van der Waals surface area contributed by atoms with Gasteiger partial charge in [0.25, 0.3) is 0 Å². The second kappa shape index (κ2) is 10.8. The van der Waals surface area contributed by atoms with Gasteiger partial charge < -0.3 is 15.0 Å². The summed E-state index contributed by atoms with van der Waals surface area (Å²) in [6.45, 7) is 12.9. The Morgan fingerprint density at radius 3 is 2.37 bits per heavy atom. The lowest BCUT2D eigenvalue weighted by molar-refractivity contribution is -0.217. The molecular formula is C40H55N3O3. The number of nitrogens with one attached hydrogen (secondary N) is 1. The van der Waals surface area contributed by atoms with Gasteiger partial charge in [-0.25, -0.2) is 9.78 Å². The first-order valence-electron chi connectivity index (χ1n) is 18.1. The molecule has 46 heavy (non-hydrogen) atoms. The number of fused-ring (bicyclic) bond motifs is 7. The Morgan fingerprint density at radius 1 is 0.913 bits per heavy atom. The molecule has 0 spiro atoms. The topological polar surface area (TPSA) is 84.2 Å². The van der Waals surface area contributed by atoms with E-state index < -0.39 is 5.97 Å². The number of hydrogen-bond donors (Lipinski definition) is 2. The number of carboxylic acids is 1. The third-order valence-electron chi connectivity index (χ3n) is 15.3. The summed E-state index contributed by atoms with van der Waals surface area (Å²) in [5.74, 6) is 2.82. The maximum Gasteiger partial charge on any atom is 0.335 e. The number of benzene rings is 1. The van der Waals surface area contributed by atoms with Crippen LogP contribution in [0.1, 0.15) is 127 Å². The van der Waals surface area contributed by atoms with Crippen LogP contribution < -0.4 is 5.32 Å². The normalized spacial score (nSPS) is 39.3. The molecule has 7 unspecified atom stereocenters.